The number of amides is 1. The van der Waals surface area contributed by atoms with Crippen LogP contribution in [-0.2, 0) is 11.2 Å². The van der Waals surface area contributed by atoms with E-state index in [9.17, 15) is 19.6 Å². The van der Waals surface area contributed by atoms with Crippen molar-refractivity contribution in [2.75, 3.05) is 0 Å². The van der Waals surface area contributed by atoms with Crippen molar-refractivity contribution in [3.63, 3.8) is 0 Å². The summed E-state index contributed by atoms with van der Waals surface area (Å²) in [6.45, 7) is 0. The SMILES string of the molecule is O=C(N[C@@H](CCc1ccsc1)B(O)O)[C@H]1CCC[C@@H]1C(=O)c1ccccc1. The lowest BCUT2D eigenvalue weighted by molar-refractivity contribution is -0.126. The van der Waals surface area contributed by atoms with Gasteiger partial charge in [0.15, 0.2) is 5.78 Å². The highest BCUT2D eigenvalue weighted by atomic mass is 32.1. The summed E-state index contributed by atoms with van der Waals surface area (Å²) in [6.07, 6.45) is 3.25. The number of ketones is 1. The lowest BCUT2D eigenvalue weighted by atomic mass is 9.75. The molecule has 0 spiro atoms. The van der Waals surface area contributed by atoms with Gasteiger partial charge in [-0.3, -0.25) is 9.59 Å². The lowest BCUT2D eigenvalue weighted by Crippen LogP contribution is -2.49. The van der Waals surface area contributed by atoms with Crippen molar-refractivity contribution in [3.05, 3.63) is 58.3 Å². The first-order chi connectivity index (χ1) is 13.1. The van der Waals surface area contributed by atoms with Crippen LogP contribution in [0.25, 0.3) is 0 Å². The van der Waals surface area contributed by atoms with Gasteiger partial charge in [0.2, 0.25) is 5.91 Å². The predicted octanol–water partition coefficient (Wildman–Crippen LogP) is 2.48. The van der Waals surface area contributed by atoms with E-state index in [1.165, 1.54) is 0 Å². The van der Waals surface area contributed by atoms with Crippen LogP contribution in [0.5, 0.6) is 0 Å². The zero-order valence-electron chi connectivity index (χ0n) is 15.1. The minimum absolute atomic E-state index is 0.00683. The third kappa shape index (κ3) is 5.06. The summed E-state index contributed by atoms with van der Waals surface area (Å²) in [4.78, 5) is 25.6. The third-order valence-corrected chi connectivity index (χ3v) is 5.99. The van der Waals surface area contributed by atoms with Crippen LogP contribution < -0.4 is 5.32 Å². The summed E-state index contributed by atoms with van der Waals surface area (Å²) in [6, 6.07) is 11.0. The number of hydrogen-bond donors (Lipinski definition) is 3. The van der Waals surface area contributed by atoms with E-state index in [0.29, 0.717) is 31.2 Å². The van der Waals surface area contributed by atoms with E-state index in [1.54, 1.807) is 23.5 Å². The Kier molecular flexibility index (Phi) is 6.82. The Bertz CT molecular complexity index is 751. The molecule has 0 bridgehead atoms. The number of Topliss-reactive ketones (excluding diaryl/α,β-unsaturated/α-hetero) is 1. The number of rotatable bonds is 8. The normalized spacial score (nSPS) is 20.2. The second-order valence-electron chi connectivity index (χ2n) is 7.07. The molecule has 1 aromatic heterocycles. The minimum atomic E-state index is -1.63. The molecule has 0 saturated heterocycles. The van der Waals surface area contributed by atoms with Gasteiger partial charge < -0.3 is 15.4 Å². The zero-order chi connectivity index (χ0) is 19.2. The minimum Gasteiger partial charge on any atom is -0.426 e. The number of thiophene rings is 1. The molecule has 2 aromatic rings. The second kappa shape index (κ2) is 9.31. The van der Waals surface area contributed by atoms with Crippen LogP contribution in [0.3, 0.4) is 0 Å². The molecule has 1 aromatic carbocycles. The third-order valence-electron chi connectivity index (χ3n) is 5.26. The molecule has 3 N–H and O–H groups in total. The molecule has 7 heteroatoms. The topological polar surface area (TPSA) is 86.6 Å². The van der Waals surface area contributed by atoms with Gasteiger partial charge in [-0.25, -0.2) is 0 Å². The fourth-order valence-electron chi connectivity index (χ4n) is 3.75. The van der Waals surface area contributed by atoms with Gasteiger partial charge in [-0.05, 0) is 48.1 Å². The molecule has 1 aliphatic rings. The average Bonchev–Trinajstić information content (AvgIpc) is 3.36. The second-order valence-corrected chi connectivity index (χ2v) is 7.85. The number of aryl methyl sites for hydroxylation is 1. The largest absolute Gasteiger partial charge is 0.475 e. The highest BCUT2D eigenvalue weighted by Gasteiger charge is 2.39. The van der Waals surface area contributed by atoms with Crippen LogP contribution in [-0.4, -0.2) is 34.8 Å². The van der Waals surface area contributed by atoms with E-state index in [4.69, 9.17) is 0 Å². The summed E-state index contributed by atoms with van der Waals surface area (Å²) < 4.78 is 0. The average molecular weight is 385 g/mol. The van der Waals surface area contributed by atoms with E-state index < -0.39 is 19.0 Å². The van der Waals surface area contributed by atoms with Gasteiger partial charge in [0, 0.05) is 17.4 Å². The Morgan fingerprint density at radius 1 is 1.15 bits per heavy atom. The van der Waals surface area contributed by atoms with E-state index in [2.05, 4.69) is 5.32 Å². The predicted molar refractivity (Wildman–Crippen MR) is 106 cm³/mol. The van der Waals surface area contributed by atoms with E-state index in [1.807, 2.05) is 35.0 Å². The molecule has 3 atom stereocenters. The van der Waals surface area contributed by atoms with Crippen molar-refractivity contribution in [2.24, 2.45) is 11.8 Å². The first-order valence-electron chi connectivity index (χ1n) is 9.33. The first-order valence-corrected chi connectivity index (χ1v) is 10.3. The van der Waals surface area contributed by atoms with Crippen LogP contribution in [0, 0.1) is 11.8 Å². The monoisotopic (exact) mass is 385 g/mol. The van der Waals surface area contributed by atoms with E-state index >= 15 is 0 Å². The Balaban J connectivity index is 1.63. The summed E-state index contributed by atoms with van der Waals surface area (Å²) in [5.74, 6) is -1.77. The maximum absolute atomic E-state index is 12.8. The molecule has 142 valence electrons. The van der Waals surface area contributed by atoms with Crippen molar-refractivity contribution in [1.82, 2.24) is 5.32 Å². The Morgan fingerprint density at radius 3 is 2.56 bits per heavy atom. The smallest absolute Gasteiger partial charge is 0.426 e. The highest BCUT2D eigenvalue weighted by molar-refractivity contribution is 7.07. The van der Waals surface area contributed by atoms with Crippen molar-refractivity contribution in [1.29, 1.82) is 0 Å². The molecule has 27 heavy (non-hydrogen) atoms. The molecule has 0 aliphatic heterocycles. The number of carbonyl (C=O) groups excluding carboxylic acids is 2. The van der Waals surface area contributed by atoms with Crippen LogP contribution >= 0.6 is 11.3 Å². The van der Waals surface area contributed by atoms with Crippen molar-refractivity contribution in [3.8, 4) is 0 Å². The number of hydrogen-bond acceptors (Lipinski definition) is 5. The summed E-state index contributed by atoms with van der Waals surface area (Å²) in [7, 11) is -1.63. The molecule has 5 nitrogen and oxygen atoms in total. The van der Waals surface area contributed by atoms with Gasteiger partial charge in [0.05, 0.1) is 5.94 Å². The Labute approximate surface area is 163 Å². The van der Waals surface area contributed by atoms with Crippen molar-refractivity contribution < 1.29 is 19.6 Å². The molecule has 3 rings (SSSR count). The number of carbonyl (C=O) groups is 2. The maximum Gasteiger partial charge on any atom is 0.475 e. The Hall–Kier alpha value is -1.96. The quantitative estimate of drug-likeness (QED) is 0.481. The lowest BCUT2D eigenvalue weighted by Gasteiger charge is -2.23. The Morgan fingerprint density at radius 2 is 1.89 bits per heavy atom. The van der Waals surface area contributed by atoms with E-state index in [0.717, 1.165) is 12.0 Å². The van der Waals surface area contributed by atoms with Crippen LogP contribution in [0.4, 0.5) is 0 Å². The molecule has 1 fully saturated rings. The van der Waals surface area contributed by atoms with Gasteiger partial charge in [-0.15, -0.1) is 0 Å². The molecule has 0 radical (unpaired) electrons. The summed E-state index contributed by atoms with van der Waals surface area (Å²) in [5, 5.41) is 26.1. The molecular formula is C20H24BNO4S. The van der Waals surface area contributed by atoms with Gasteiger partial charge in [-0.1, -0.05) is 36.8 Å². The van der Waals surface area contributed by atoms with Gasteiger partial charge in [0.1, 0.15) is 0 Å². The summed E-state index contributed by atoms with van der Waals surface area (Å²) in [5.41, 5.74) is 1.73. The van der Waals surface area contributed by atoms with Gasteiger partial charge in [0.25, 0.3) is 0 Å². The van der Waals surface area contributed by atoms with Crippen LogP contribution in [0.2, 0.25) is 0 Å². The fraction of sp³-hybridized carbons (Fsp3) is 0.400. The molecule has 1 heterocycles. The van der Waals surface area contributed by atoms with Crippen molar-refractivity contribution in [2.45, 2.75) is 38.0 Å². The van der Waals surface area contributed by atoms with Crippen molar-refractivity contribution >= 4 is 30.1 Å². The van der Waals surface area contributed by atoms with E-state index in [-0.39, 0.29) is 17.6 Å². The zero-order valence-corrected chi connectivity index (χ0v) is 15.9. The number of benzene rings is 1. The van der Waals surface area contributed by atoms with Gasteiger partial charge >= 0.3 is 7.12 Å². The summed E-state index contributed by atoms with van der Waals surface area (Å²) >= 11 is 1.59. The number of nitrogens with one attached hydrogen (secondary N) is 1. The maximum atomic E-state index is 12.8. The molecule has 1 amide bonds. The molecule has 0 unspecified atom stereocenters. The molecular weight excluding hydrogens is 361 g/mol. The fourth-order valence-corrected chi connectivity index (χ4v) is 4.45. The first kappa shape index (κ1) is 19.8. The van der Waals surface area contributed by atoms with Crippen LogP contribution in [0.15, 0.2) is 47.2 Å². The highest BCUT2D eigenvalue weighted by Crippen LogP contribution is 2.34. The standard InChI is InChI=1S/C20H24BNO4S/c23-19(15-5-2-1-3-6-15)16-7-4-8-17(16)20(24)22-18(21(25)26)10-9-14-11-12-27-13-14/h1-3,5-6,11-13,16-18,25-26H,4,7-10H2,(H,22,24)/t16-,17-,18-/m0/s1. The molecule has 1 aliphatic carbocycles. The van der Waals surface area contributed by atoms with Gasteiger partial charge in [-0.2, -0.15) is 11.3 Å². The molecule has 1 saturated carbocycles. The van der Waals surface area contributed by atoms with Crippen LogP contribution in [0.1, 0.15) is 41.6 Å².